The molecule has 1 N–H and O–H groups in total. The Hall–Kier alpha value is -0.890. The molecule has 2 atom stereocenters. The molecule has 0 spiro atoms. The molecule has 0 radical (unpaired) electrons. The summed E-state index contributed by atoms with van der Waals surface area (Å²) >= 11 is 4.08. The van der Waals surface area contributed by atoms with E-state index in [0.717, 1.165) is 57.8 Å². The fourth-order valence-corrected chi connectivity index (χ4v) is 7.13. The zero-order chi connectivity index (χ0) is 19.9. The number of thioether (sulfide) groups is 2. The van der Waals surface area contributed by atoms with Crippen molar-refractivity contribution in [1.29, 1.82) is 0 Å². The van der Waals surface area contributed by atoms with Crippen LogP contribution in [0.2, 0.25) is 0 Å². The molecular formula is C22H34N4OS2. The number of rotatable bonds is 6. The Morgan fingerprint density at radius 3 is 2.83 bits per heavy atom. The fraction of sp³-hybridized carbons (Fsp3) is 0.682. The van der Waals surface area contributed by atoms with Crippen LogP contribution in [0.1, 0.15) is 12.8 Å². The first-order chi connectivity index (χ1) is 14.3. The van der Waals surface area contributed by atoms with Gasteiger partial charge in [-0.25, -0.2) is 0 Å². The molecule has 1 aromatic carbocycles. The number of nitrogens with zero attached hydrogens (tertiary/aromatic N) is 3. The van der Waals surface area contributed by atoms with Crippen molar-refractivity contribution in [1.82, 2.24) is 15.1 Å². The summed E-state index contributed by atoms with van der Waals surface area (Å²) in [5.41, 5.74) is 0.257. The summed E-state index contributed by atoms with van der Waals surface area (Å²) in [6.07, 6.45) is 2.52. The lowest BCUT2D eigenvalue weighted by molar-refractivity contribution is -0.0121. The fourth-order valence-electron chi connectivity index (χ4n) is 4.60. The Bertz CT molecular complexity index is 660. The molecule has 0 saturated carbocycles. The Balaban J connectivity index is 1.29. The van der Waals surface area contributed by atoms with Gasteiger partial charge in [-0.3, -0.25) is 9.89 Å². The van der Waals surface area contributed by atoms with Gasteiger partial charge in [0.15, 0.2) is 5.96 Å². The number of morpholine rings is 1. The zero-order valence-corrected chi connectivity index (χ0v) is 19.1. The second kappa shape index (κ2) is 10.4. The maximum Gasteiger partial charge on any atom is 0.193 e. The van der Waals surface area contributed by atoms with E-state index in [0.29, 0.717) is 0 Å². The molecule has 3 saturated heterocycles. The van der Waals surface area contributed by atoms with E-state index in [1.54, 1.807) is 0 Å². The van der Waals surface area contributed by atoms with Gasteiger partial charge in [-0.1, -0.05) is 18.2 Å². The van der Waals surface area contributed by atoms with Gasteiger partial charge in [0.2, 0.25) is 0 Å². The van der Waals surface area contributed by atoms with Crippen LogP contribution in [0.4, 0.5) is 0 Å². The summed E-state index contributed by atoms with van der Waals surface area (Å²) in [5, 5.41) is 3.76. The minimum Gasteiger partial charge on any atom is -0.379 e. The van der Waals surface area contributed by atoms with Crippen LogP contribution in [0.5, 0.6) is 0 Å². The molecular weight excluding hydrogens is 400 g/mol. The van der Waals surface area contributed by atoms with E-state index >= 15 is 0 Å². The van der Waals surface area contributed by atoms with Gasteiger partial charge in [0, 0.05) is 61.7 Å². The number of guanidine groups is 1. The smallest absolute Gasteiger partial charge is 0.193 e. The summed E-state index contributed by atoms with van der Waals surface area (Å²) < 4.78 is 5.60. The number of benzene rings is 1. The number of likely N-dealkylation sites (tertiary alicyclic amines) is 1. The Morgan fingerprint density at radius 1 is 1.28 bits per heavy atom. The lowest BCUT2D eigenvalue weighted by atomic mass is 9.95. The third-order valence-corrected chi connectivity index (χ3v) is 8.84. The summed E-state index contributed by atoms with van der Waals surface area (Å²) in [4.78, 5) is 11.1. The highest BCUT2D eigenvalue weighted by atomic mass is 32.2. The van der Waals surface area contributed by atoms with Crippen LogP contribution in [0.15, 0.2) is 40.2 Å². The molecule has 7 heteroatoms. The minimum absolute atomic E-state index is 0.257. The maximum atomic E-state index is 5.60. The molecule has 0 aliphatic carbocycles. The number of nitrogens with one attached hydrogen (secondary N) is 1. The molecule has 3 aliphatic heterocycles. The van der Waals surface area contributed by atoms with Crippen molar-refractivity contribution in [3.63, 3.8) is 0 Å². The first-order valence-electron chi connectivity index (χ1n) is 10.8. The lowest BCUT2D eigenvalue weighted by Gasteiger charge is -2.43. The van der Waals surface area contributed by atoms with Crippen LogP contribution < -0.4 is 5.32 Å². The quantitative estimate of drug-likeness (QED) is 0.422. The molecule has 4 rings (SSSR count). The van der Waals surface area contributed by atoms with Gasteiger partial charge < -0.3 is 15.0 Å². The van der Waals surface area contributed by atoms with Crippen molar-refractivity contribution in [2.24, 2.45) is 10.9 Å². The normalized spacial score (nSPS) is 28.8. The van der Waals surface area contributed by atoms with Crippen LogP contribution in [0.3, 0.4) is 0 Å². The van der Waals surface area contributed by atoms with Gasteiger partial charge in [0.25, 0.3) is 0 Å². The van der Waals surface area contributed by atoms with Crippen LogP contribution in [0.25, 0.3) is 0 Å². The topological polar surface area (TPSA) is 40.1 Å². The Morgan fingerprint density at radius 2 is 2.10 bits per heavy atom. The van der Waals surface area contributed by atoms with Gasteiger partial charge in [-0.15, -0.1) is 11.8 Å². The second-order valence-electron chi connectivity index (χ2n) is 8.25. The molecule has 5 nitrogen and oxygen atoms in total. The van der Waals surface area contributed by atoms with Gasteiger partial charge in [0.1, 0.15) is 0 Å². The van der Waals surface area contributed by atoms with Crippen LogP contribution in [0, 0.1) is 5.92 Å². The van der Waals surface area contributed by atoms with E-state index < -0.39 is 0 Å². The highest BCUT2D eigenvalue weighted by Crippen LogP contribution is 2.34. The second-order valence-corrected chi connectivity index (χ2v) is 10.5. The molecule has 3 heterocycles. The minimum atomic E-state index is 0.257. The van der Waals surface area contributed by atoms with Crippen molar-refractivity contribution in [2.75, 3.05) is 70.2 Å². The van der Waals surface area contributed by atoms with Gasteiger partial charge in [0.05, 0.1) is 13.2 Å². The largest absolute Gasteiger partial charge is 0.379 e. The monoisotopic (exact) mass is 434 g/mol. The van der Waals surface area contributed by atoms with E-state index in [4.69, 9.17) is 4.74 Å². The average molecular weight is 435 g/mol. The molecule has 160 valence electrons. The molecule has 0 bridgehead atoms. The Kier molecular flexibility index (Phi) is 7.67. The molecule has 0 amide bonds. The number of hydrogen-bond donors (Lipinski definition) is 1. The van der Waals surface area contributed by atoms with Crippen LogP contribution >= 0.6 is 23.5 Å². The zero-order valence-electron chi connectivity index (χ0n) is 17.5. The third-order valence-electron chi connectivity index (χ3n) is 6.37. The van der Waals surface area contributed by atoms with E-state index in [1.165, 1.54) is 35.0 Å². The SMILES string of the molecule is CN=C(NCC1(N2CCOCC2)CCSC1)N1CCC(CSc2ccccc2)C1. The predicted molar refractivity (Wildman–Crippen MR) is 125 cm³/mol. The van der Waals surface area contributed by atoms with Gasteiger partial charge in [-0.2, -0.15) is 11.8 Å². The number of hydrogen-bond acceptors (Lipinski definition) is 5. The molecule has 3 fully saturated rings. The van der Waals surface area contributed by atoms with E-state index in [2.05, 4.69) is 62.2 Å². The van der Waals surface area contributed by atoms with Gasteiger partial charge >= 0.3 is 0 Å². The summed E-state index contributed by atoms with van der Waals surface area (Å²) in [6, 6.07) is 10.8. The Labute approximate surface area is 184 Å². The van der Waals surface area contributed by atoms with E-state index in [-0.39, 0.29) is 5.54 Å². The standard InChI is InChI=1S/C22H34N4OS2/c1-23-21(24-17-22(8-14-28-18-22)26-10-12-27-13-11-26)25-9-7-19(15-25)16-29-20-5-3-2-4-6-20/h2-6,19H,7-18H2,1H3,(H,23,24). The van der Waals surface area contributed by atoms with Gasteiger partial charge in [-0.05, 0) is 36.6 Å². The van der Waals surface area contributed by atoms with E-state index in [9.17, 15) is 0 Å². The number of aliphatic imine (C=N–C) groups is 1. The summed E-state index contributed by atoms with van der Waals surface area (Å²) in [5.74, 6) is 5.48. The van der Waals surface area contributed by atoms with Crippen LogP contribution in [-0.2, 0) is 4.74 Å². The lowest BCUT2D eigenvalue weighted by Crippen LogP contribution is -2.60. The summed E-state index contributed by atoms with van der Waals surface area (Å²) in [6.45, 7) is 7.07. The third kappa shape index (κ3) is 5.43. The predicted octanol–water partition coefficient (Wildman–Crippen LogP) is 2.88. The molecule has 29 heavy (non-hydrogen) atoms. The average Bonchev–Trinajstić information content (AvgIpc) is 3.45. The molecule has 0 aromatic heterocycles. The van der Waals surface area contributed by atoms with E-state index in [1.807, 2.05) is 18.8 Å². The molecule has 2 unspecified atom stereocenters. The van der Waals surface area contributed by atoms with Crippen molar-refractivity contribution in [2.45, 2.75) is 23.3 Å². The number of ether oxygens (including phenoxy) is 1. The summed E-state index contributed by atoms with van der Waals surface area (Å²) in [7, 11) is 1.93. The molecule has 3 aliphatic rings. The van der Waals surface area contributed by atoms with Crippen molar-refractivity contribution in [3.8, 4) is 0 Å². The van der Waals surface area contributed by atoms with Crippen molar-refractivity contribution in [3.05, 3.63) is 30.3 Å². The highest BCUT2D eigenvalue weighted by Gasteiger charge is 2.41. The highest BCUT2D eigenvalue weighted by molar-refractivity contribution is 7.99. The first kappa shape index (κ1) is 21.3. The molecule has 1 aromatic rings. The van der Waals surface area contributed by atoms with Crippen molar-refractivity contribution >= 4 is 29.5 Å². The first-order valence-corrected chi connectivity index (χ1v) is 13.0. The maximum absolute atomic E-state index is 5.60. The van der Waals surface area contributed by atoms with Crippen molar-refractivity contribution < 1.29 is 4.74 Å². The van der Waals surface area contributed by atoms with Crippen LogP contribution in [-0.4, -0.2) is 91.5 Å².